The van der Waals surface area contributed by atoms with E-state index in [-0.39, 0.29) is 5.60 Å². The van der Waals surface area contributed by atoms with Crippen LogP contribution in [0.25, 0.3) is 10.4 Å². The second-order valence-electron chi connectivity index (χ2n) is 4.88. The molecule has 0 N–H and O–H groups in total. The zero-order valence-corrected chi connectivity index (χ0v) is 9.19. The van der Waals surface area contributed by atoms with Gasteiger partial charge in [-0.05, 0) is 30.7 Å². The maximum atomic E-state index is 8.18. The van der Waals surface area contributed by atoms with Gasteiger partial charge in [-0.1, -0.05) is 30.8 Å². The highest BCUT2D eigenvalue weighted by molar-refractivity contribution is 4.95. The van der Waals surface area contributed by atoms with Crippen molar-refractivity contribution in [2.45, 2.75) is 50.5 Å². The highest BCUT2D eigenvalue weighted by Gasteiger charge is 2.46. The minimum atomic E-state index is 0.277. The summed E-state index contributed by atoms with van der Waals surface area (Å²) >= 11 is 0. The highest BCUT2D eigenvalue weighted by Crippen LogP contribution is 2.43. The van der Waals surface area contributed by atoms with Crippen molar-refractivity contribution < 1.29 is 4.74 Å². The molecule has 1 aliphatic heterocycles. The van der Waals surface area contributed by atoms with Gasteiger partial charge in [0.15, 0.2) is 0 Å². The minimum Gasteiger partial charge on any atom is -0.370 e. The molecule has 2 rings (SSSR count). The molecule has 2 atom stereocenters. The molecule has 84 valence electrons. The fraction of sp³-hybridized carbons (Fsp3) is 1.00. The van der Waals surface area contributed by atoms with Crippen LogP contribution < -0.4 is 0 Å². The summed E-state index contributed by atoms with van der Waals surface area (Å²) in [7, 11) is 0. The largest absolute Gasteiger partial charge is 0.370 e. The maximum Gasteiger partial charge on any atom is 0.0919 e. The standard InChI is InChI=1S/C11H19N3O/c12-14-13-7-3-5-10-4-1-2-6-11(8-10)9-15-11/h10H,1-9H2. The third-order valence-electron chi connectivity index (χ3n) is 3.64. The summed E-state index contributed by atoms with van der Waals surface area (Å²) in [5.74, 6) is 0.795. The summed E-state index contributed by atoms with van der Waals surface area (Å²) in [4.78, 5) is 2.78. The quantitative estimate of drug-likeness (QED) is 0.230. The van der Waals surface area contributed by atoms with Crippen LogP contribution in [0.3, 0.4) is 0 Å². The van der Waals surface area contributed by atoms with Gasteiger partial charge in [0.1, 0.15) is 0 Å². The van der Waals surface area contributed by atoms with Crippen LogP contribution in [0.1, 0.15) is 44.9 Å². The average molecular weight is 209 g/mol. The average Bonchev–Trinajstić information content (AvgIpc) is 3.02. The summed E-state index contributed by atoms with van der Waals surface area (Å²) in [5.41, 5.74) is 8.46. The molecule has 0 amide bonds. The predicted octanol–water partition coefficient (Wildman–Crippen LogP) is 3.43. The lowest BCUT2D eigenvalue weighted by atomic mass is 9.90. The van der Waals surface area contributed by atoms with Gasteiger partial charge in [-0.15, -0.1) is 0 Å². The molecule has 0 radical (unpaired) electrons. The summed E-state index contributed by atoms with van der Waals surface area (Å²) in [6.45, 7) is 1.64. The molecule has 4 nitrogen and oxygen atoms in total. The Labute approximate surface area is 90.6 Å². The molecule has 1 aliphatic carbocycles. The van der Waals surface area contributed by atoms with Gasteiger partial charge in [0.05, 0.1) is 12.2 Å². The molecule has 2 unspecified atom stereocenters. The SMILES string of the molecule is [N-]=[N+]=NCCCC1CCCCC2(CO2)C1. The lowest BCUT2D eigenvalue weighted by Gasteiger charge is -2.16. The molecule has 15 heavy (non-hydrogen) atoms. The van der Waals surface area contributed by atoms with Crippen molar-refractivity contribution in [2.75, 3.05) is 13.2 Å². The Bertz CT molecular complexity index is 257. The maximum absolute atomic E-state index is 8.18. The van der Waals surface area contributed by atoms with E-state index in [0.717, 1.165) is 18.9 Å². The van der Waals surface area contributed by atoms with E-state index < -0.39 is 0 Å². The van der Waals surface area contributed by atoms with Crippen molar-refractivity contribution in [3.63, 3.8) is 0 Å². The summed E-state index contributed by atoms with van der Waals surface area (Å²) in [5, 5.41) is 3.58. The summed E-state index contributed by atoms with van der Waals surface area (Å²) < 4.78 is 5.59. The van der Waals surface area contributed by atoms with E-state index in [1.54, 1.807) is 0 Å². The first-order valence-corrected chi connectivity index (χ1v) is 5.99. The lowest BCUT2D eigenvalue weighted by molar-refractivity contribution is 0.245. The Morgan fingerprint density at radius 1 is 1.47 bits per heavy atom. The first-order chi connectivity index (χ1) is 7.35. The fourth-order valence-corrected chi connectivity index (χ4v) is 2.72. The van der Waals surface area contributed by atoms with Crippen molar-refractivity contribution in [2.24, 2.45) is 11.0 Å². The molecule has 0 aromatic heterocycles. The van der Waals surface area contributed by atoms with Crippen LogP contribution in [-0.2, 0) is 4.74 Å². The molecule has 1 spiro atoms. The van der Waals surface area contributed by atoms with Crippen LogP contribution in [0.2, 0.25) is 0 Å². The number of azide groups is 1. The Morgan fingerprint density at radius 3 is 3.07 bits per heavy atom. The normalized spacial score (nSPS) is 34.5. The second-order valence-corrected chi connectivity index (χ2v) is 4.88. The van der Waals surface area contributed by atoms with E-state index >= 15 is 0 Å². The van der Waals surface area contributed by atoms with Gasteiger partial charge in [-0.3, -0.25) is 0 Å². The van der Waals surface area contributed by atoms with Crippen molar-refractivity contribution >= 4 is 0 Å². The third-order valence-corrected chi connectivity index (χ3v) is 3.64. The fourth-order valence-electron chi connectivity index (χ4n) is 2.72. The topological polar surface area (TPSA) is 61.3 Å². The number of ether oxygens (including phenoxy) is 1. The molecule has 2 aliphatic rings. The van der Waals surface area contributed by atoms with Crippen LogP contribution in [0, 0.1) is 5.92 Å². The summed E-state index contributed by atoms with van der Waals surface area (Å²) in [6, 6.07) is 0. The molecular weight excluding hydrogens is 190 g/mol. The molecule has 2 fully saturated rings. The van der Waals surface area contributed by atoms with Crippen LogP contribution in [0.5, 0.6) is 0 Å². The zero-order chi connectivity index (χ0) is 10.6. The molecule has 4 heteroatoms. The Balaban J connectivity index is 1.73. The molecule has 0 aromatic carbocycles. The van der Waals surface area contributed by atoms with Crippen molar-refractivity contribution in [1.29, 1.82) is 0 Å². The van der Waals surface area contributed by atoms with Crippen LogP contribution >= 0.6 is 0 Å². The summed E-state index contributed by atoms with van der Waals surface area (Å²) in [6.07, 6.45) is 8.74. The molecular formula is C11H19N3O. The van der Waals surface area contributed by atoms with Crippen LogP contribution in [0.4, 0.5) is 0 Å². The Hall–Kier alpha value is -0.730. The number of nitrogens with zero attached hydrogens (tertiary/aromatic N) is 3. The van der Waals surface area contributed by atoms with E-state index in [4.69, 9.17) is 10.3 Å². The van der Waals surface area contributed by atoms with Crippen molar-refractivity contribution in [1.82, 2.24) is 0 Å². The van der Waals surface area contributed by atoms with Gasteiger partial charge in [0.2, 0.25) is 0 Å². The van der Waals surface area contributed by atoms with Gasteiger partial charge < -0.3 is 4.74 Å². The first-order valence-electron chi connectivity index (χ1n) is 5.99. The molecule has 0 aromatic rings. The monoisotopic (exact) mass is 209 g/mol. The van der Waals surface area contributed by atoms with E-state index in [0.29, 0.717) is 6.54 Å². The second kappa shape index (κ2) is 4.86. The smallest absolute Gasteiger partial charge is 0.0919 e. The zero-order valence-electron chi connectivity index (χ0n) is 9.19. The number of epoxide rings is 1. The Morgan fingerprint density at radius 2 is 2.33 bits per heavy atom. The van der Waals surface area contributed by atoms with E-state index in [1.807, 2.05) is 0 Å². The van der Waals surface area contributed by atoms with Gasteiger partial charge in [-0.2, -0.15) is 0 Å². The first kappa shape index (κ1) is 10.8. The van der Waals surface area contributed by atoms with E-state index in [2.05, 4.69) is 10.0 Å². The van der Waals surface area contributed by atoms with Crippen molar-refractivity contribution in [3.8, 4) is 0 Å². The van der Waals surface area contributed by atoms with Crippen molar-refractivity contribution in [3.05, 3.63) is 10.4 Å². The third kappa shape index (κ3) is 3.11. The van der Waals surface area contributed by atoms with Gasteiger partial charge in [0.25, 0.3) is 0 Å². The molecule has 1 heterocycles. The predicted molar refractivity (Wildman–Crippen MR) is 58.5 cm³/mol. The number of hydrogen-bond donors (Lipinski definition) is 0. The van der Waals surface area contributed by atoms with Crippen LogP contribution in [-0.4, -0.2) is 18.8 Å². The Kier molecular flexibility index (Phi) is 3.49. The van der Waals surface area contributed by atoms with E-state index in [1.165, 1.54) is 38.5 Å². The van der Waals surface area contributed by atoms with Gasteiger partial charge >= 0.3 is 0 Å². The molecule has 1 saturated carbocycles. The lowest BCUT2D eigenvalue weighted by Crippen LogP contribution is -2.14. The minimum absolute atomic E-state index is 0.277. The highest BCUT2D eigenvalue weighted by atomic mass is 16.6. The number of rotatable bonds is 4. The van der Waals surface area contributed by atoms with E-state index in [9.17, 15) is 0 Å². The van der Waals surface area contributed by atoms with Crippen LogP contribution in [0.15, 0.2) is 5.11 Å². The molecule has 0 bridgehead atoms. The van der Waals surface area contributed by atoms with Gasteiger partial charge in [0, 0.05) is 11.5 Å². The number of hydrogen-bond acceptors (Lipinski definition) is 2. The van der Waals surface area contributed by atoms with Gasteiger partial charge in [-0.25, -0.2) is 0 Å². The molecule has 1 saturated heterocycles.